The molecular formula is C10H6BrClO2S. The van der Waals surface area contributed by atoms with Gasteiger partial charge < -0.3 is 4.42 Å². The van der Waals surface area contributed by atoms with E-state index in [-0.39, 0.29) is 5.78 Å². The van der Waals surface area contributed by atoms with Gasteiger partial charge in [-0.25, -0.2) is 0 Å². The quantitative estimate of drug-likeness (QED) is 0.775. The summed E-state index contributed by atoms with van der Waals surface area (Å²) in [6, 6.07) is 3.40. The first kappa shape index (κ1) is 10.9. The lowest BCUT2D eigenvalue weighted by molar-refractivity contribution is 0.101. The molecule has 0 amide bonds. The van der Waals surface area contributed by atoms with E-state index < -0.39 is 0 Å². The third-order valence-corrected chi connectivity index (χ3v) is 4.41. The molecular weight excluding hydrogens is 300 g/mol. The van der Waals surface area contributed by atoms with Crippen molar-refractivity contribution in [2.24, 2.45) is 0 Å². The molecule has 0 unspecified atom stereocenters. The number of hydrogen-bond acceptors (Lipinski definition) is 3. The number of thiophene rings is 1. The average Bonchev–Trinajstić information content (AvgIpc) is 2.74. The van der Waals surface area contributed by atoms with Gasteiger partial charge in [0.25, 0.3) is 0 Å². The molecule has 0 saturated heterocycles. The van der Waals surface area contributed by atoms with Gasteiger partial charge in [-0.3, -0.25) is 4.79 Å². The van der Waals surface area contributed by atoms with Crippen molar-refractivity contribution in [2.75, 3.05) is 0 Å². The molecule has 0 bridgehead atoms. The molecule has 5 heteroatoms. The third-order valence-electron chi connectivity index (χ3n) is 1.94. The standard InChI is InChI=1S/C10H6BrClO2S/c1-5-2-3-14-9(5)8(13)7-4-6(12)10(11)15-7/h2-4H,1H3. The van der Waals surface area contributed by atoms with E-state index in [1.54, 1.807) is 12.1 Å². The second-order valence-corrected chi connectivity index (χ2v) is 5.77. The second kappa shape index (κ2) is 4.12. The maximum Gasteiger partial charge on any atom is 0.238 e. The average molecular weight is 306 g/mol. The fraction of sp³-hybridized carbons (Fsp3) is 0.100. The van der Waals surface area contributed by atoms with Crippen LogP contribution in [0.25, 0.3) is 0 Å². The molecule has 0 N–H and O–H groups in total. The normalized spacial score (nSPS) is 10.6. The number of carbonyl (C=O) groups is 1. The summed E-state index contributed by atoms with van der Waals surface area (Å²) in [7, 11) is 0. The Labute approximate surface area is 104 Å². The molecule has 0 spiro atoms. The highest BCUT2D eigenvalue weighted by Gasteiger charge is 2.18. The Morgan fingerprint density at radius 1 is 1.60 bits per heavy atom. The van der Waals surface area contributed by atoms with Crippen molar-refractivity contribution in [3.63, 3.8) is 0 Å². The zero-order valence-electron chi connectivity index (χ0n) is 7.71. The van der Waals surface area contributed by atoms with Gasteiger partial charge in [0.2, 0.25) is 5.78 Å². The zero-order valence-corrected chi connectivity index (χ0v) is 10.9. The van der Waals surface area contributed by atoms with Gasteiger partial charge in [0, 0.05) is 0 Å². The Balaban J connectivity index is 2.41. The number of aryl methyl sites for hydroxylation is 1. The fourth-order valence-corrected chi connectivity index (χ4v) is 2.81. The van der Waals surface area contributed by atoms with Crippen molar-refractivity contribution in [1.29, 1.82) is 0 Å². The minimum absolute atomic E-state index is 0.130. The highest BCUT2D eigenvalue weighted by atomic mass is 79.9. The monoisotopic (exact) mass is 304 g/mol. The van der Waals surface area contributed by atoms with Crippen LogP contribution in [0.15, 0.2) is 26.6 Å². The summed E-state index contributed by atoms with van der Waals surface area (Å²) in [5.41, 5.74) is 0.834. The molecule has 2 heterocycles. The molecule has 2 rings (SSSR count). The summed E-state index contributed by atoms with van der Waals surface area (Å²) in [6.45, 7) is 1.83. The summed E-state index contributed by atoms with van der Waals surface area (Å²) in [6.07, 6.45) is 1.51. The smallest absolute Gasteiger partial charge is 0.238 e. The number of furan rings is 1. The molecule has 0 radical (unpaired) electrons. The van der Waals surface area contributed by atoms with Crippen molar-refractivity contribution in [3.8, 4) is 0 Å². The Morgan fingerprint density at radius 2 is 2.33 bits per heavy atom. The lowest BCUT2D eigenvalue weighted by atomic mass is 10.2. The van der Waals surface area contributed by atoms with Gasteiger partial charge in [-0.05, 0) is 40.5 Å². The molecule has 0 aliphatic heterocycles. The van der Waals surface area contributed by atoms with E-state index in [1.807, 2.05) is 6.92 Å². The van der Waals surface area contributed by atoms with Gasteiger partial charge in [-0.1, -0.05) is 11.6 Å². The number of hydrogen-bond donors (Lipinski definition) is 0. The van der Waals surface area contributed by atoms with Crippen LogP contribution in [0.4, 0.5) is 0 Å². The maximum atomic E-state index is 11.9. The first-order chi connectivity index (χ1) is 7.09. The minimum atomic E-state index is -0.130. The first-order valence-corrected chi connectivity index (χ1v) is 6.12. The number of ketones is 1. The highest BCUT2D eigenvalue weighted by molar-refractivity contribution is 9.11. The molecule has 0 aliphatic carbocycles. The molecule has 2 aromatic heterocycles. The predicted molar refractivity (Wildman–Crippen MR) is 63.9 cm³/mol. The van der Waals surface area contributed by atoms with E-state index in [4.69, 9.17) is 16.0 Å². The van der Waals surface area contributed by atoms with E-state index in [9.17, 15) is 4.79 Å². The van der Waals surface area contributed by atoms with Gasteiger partial charge >= 0.3 is 0 Å². The van der Waals surface area contributed by atoms with Gasteiger partial charge in [0.05, 0.1) is 19.9 Å². The lowest BCUT2D eigenvalue weighted by Crippen LogP contribution is -1.98. The van der Waals surface area contributed by atoms with Crippen molar-refractivity contribution in [1.82, 2.24) is 0 Å². The first-order valence-electron chi connectivity index (χ1n) is 4.13. The lowest BCUT2D eigenvalue weighted by Gasteiger charge is -1.93. The Hall–Kier alpha value is -0.580. The molecule has 15 heavy (non-hydrogen) atoms. The Morgan fingerprint density at radius 3 is 2.80 bits per heavy atom. The summed E-state index contributed by atoms with van der Waals surface area (Å²) in [4.78, 5) is 12.5. The van der Waals surface area contributed by atoms with Crippen LogP contribution in [0.1, 0.15) is 21.0 Å². The molecule has 2 nitrogen and oxygen atoms in total. The Kier molecular flexibility index (Phi) is 3.00. The Bertz CT molecular complexity index is 496. The number of carbonyl (C=O) groups excluding carboxylic acids is 1. The second-order valence-electron chi connectivity index (χ2n) is 2.99. The summed E-state index contributed by atoms with van der Waals surface area (Å²) in [5, 5.41) is 0.549. The van der Waals surface area contributed by atoms with E-state index >= 15 is 0 Å². The van der Waals surface area contributed by atoms with Gasteiger partial charge in [0.1, 0.15) is 0 Å². The molecule has 0 atom stereocenters. The van der Waals surface area contributed by atoms with Crippen LogP contribution >= 0.6 is 38.9 Å². The van der Waals surface area contributed by atoms with Crippen LogP contribution in [-0.4, -0.2) is 5.78 Å². The summed E-state index contributed by atoms with van der Waals surface area (Å²) in [5.74, 6) is 0.246. The van der Waals surface area contributed by atoms with E-state index in [1.165, 1.54) is 17.6 Å². The van der Waals surface area contributed by atoms with Crippen LogP contribution in [0.3, 0.4) is 0 Å². The molecule has 0 saturated carbocycles. The zero-order chi connectivity index (χ0) is 11.0. The molecule has 78 valence electrons. The van der Waals surface area contributed by atoms with E-state index in [2.05, 4.69) is 15.9 Å². The van der Waals surface area contributed by atoms with Crippen LogP contribution in [0, 0.1) is 6.92 Å². The van der Waals surface area contributed by atoms with Gasteiger partial charge in [-0.2, -0.15) is 0 Å². The molecule has 0 aliphatic rings. The van der Waals surface area contributed by atoms with Gasteiger partial charge in [-0.15, -0.1) is 11.3 Å². The maximum absolute atomic E-state index is 11.9. The predicted octanol–water partition coefficient (Wildman–Crippen LogP) is 4.30. The molecule has 2 aromatic rings. The van der Waals surface area contributed by atoms with Crippen molar-refractivity contribution in [2.45, 2.75) is 6.92 Å². The number of halogens is 2. The van der Waals surface area contributed by atoms with Crippen molar-refractivity contribution in [3.05, 3.63) is 43.4 Å². The van der Waals surface area contributed by atoms with Crippen molar-refractivity contribution < 1.29 is 9.21 Å². The SMILES string of the molecule is Cc1ccoc1C(=O)c1cc(Cl)c(Br)s1. The topological polar surface area (TPSA) is 30.2 Å². The largest absolute Gasteiger partial charge is 0.461 e. The summed E-state index contributed by atoms with van der Waals surface area (Å²) >= 11 is 10.4. The van der Waals surface area contributed by atoms with Crippen LogP contribution in [0.5, 0.6) is 0 Å². The fourth-order valence-electron chi connectivity index (χ4n) is 1.18. The van der Waals surface area contributed by atoms with Crippen molar-refractivity contribution >= 4 is 44.7 Å². The summed E-state index contributed by atoms with van der Waals surface area (Å²) < 4.78 is 5.89. The van der Waals surface area contributed by atoms with E-state index in [0.717, 1.165) is 9.35 Å². The van der Waals surface area contributed by atoms with E-state index in [0.29, 0.717) is 15.7 Å². The van der Waals surface area contributed by atoms with Crippen LogP contribution in [0.2, 0.25) is 5.02 Å². The third kappa shape index (κ3) is 2.02. The van der Waals surface area contributed by atoms with Crippen LogP contribution < -0.4 is 0 Å². The molecule has 0 fully saturated rings. The van der Waals surface area contributed by atoms with Gasteiger partial charge in [0.15, 0.2) is 5.76 Å². The highest BCUT2D eigenvalue weighted by Crippen LogP contribution is 2.33. The minimum Gasteiger partial charge on any atom is -0.461 e. The van der Waals surface area contributed by atoms with Crippen LogP contribution in [-0.2, 0) is 0 Å². The molecule has 0 aromatic carbocycles. The number of rotatable bonds is 2.